The fourth-order valence-electron chi connectivity index (χ4n) is 9.14. The minimum Gasteiger partial charge on any atom is -0.469 e. The van der Waals surface area contributed by atoms with E-state index in [-0.39, 0.29) is 41.5 Å². The van der Waals surface area contributed by atoms with Crippen LogP contribution in [-0.4, -0.2) is 104 Å². The molecule has 3 aliphatic rings. The smallest absolute Gasteiger partial charge is 0.407 e. The number of hydrogen-bond donors (Lipinski definition) is 4. The van der Waals surface area contributed by atoms with Gasteiger partial charge in [-0.2, -0.15) is 13.2 Å². The topological polar surface area (TPSA) is 189 Å². The van der Waals surface area contributed by atoms with Crippen LogP contribution in [0.25, 0.3) is 44.7 Å². The number of nitrogens with one attached hydrogen (secondary N) is 4. The highest BCUT2D eigenvalue weighted by molar-refractivity contribution is 5.92. The van der Waals surface area contributed by atoms with Crippen molar-refractivity contribution in [3.8, 4) is 39.5 Å². The van der Waals surface area contributed by atoms with Crippen LogP contribution in [0, 0.1) is 11.8 Å². The van der Waals surface area contributed by atoms with Crippen LogP contribution in [-0.2, 0) is 19.1 Å². The lowest BCUT2D eigenvalue weighted by atomic mass is 10.0. The molecular weight excluding hydrogens is 836 g/mol. The van der Waals surface area contributed by atoms with Crippen molar-refractivity contribution in [1.29, 1.82) is 0 Å². The molecule has 0 saturated carbocycles. The van der Waals surface area contributed by atoms with Crippen molar-refractivity contribution in [1.82, 2.24) is 44.9 Å². The lowest BCUT2D eigenvalue weighted by molar-refractivity contribution is -0.159. The van der Waals surface area contributed by atoms with Gasteiger partial charge < -0.3 is 49.2 Å². The van der Waals surface area contributed by atoms with Gasteiger partial charge >= 0.3 is 18.4 Å². The Balaban J connectivity index is 1.06. The van der Waals surface area contributed by atoms with Gasteiger partial charge in [0.2, 0.25) is 11.8 Å². The maximum absolute atomic E-state index is 14.2. The molecule has 5 atom stereocenters. The molecule has 3 aromatic heterocycles. The molecular formula is C45H52F3N9O7. The van der Waals surface area contributed by atoms with Gasteiger partial charge in [0.25, 0.3) is 0 Å². The lowest BCUT2D eigenvalue weighted by Gasteiger charge is -2.31. The third kappa shape index (κ3) is 8.58. The number of carbonyl (C=O) groups is 4. The van der Waals surface area contributed by atoms with Crippen LogP contribution < -0.4 is 15.4 Å². The summed E-state index contributed by atoms with van der Waals surface area (Å²) in [7, 11) is 2.49. The van der Waals surface area contributed by atoms with E-state index in [9.17, 15) is 32.3 Å². The quantitative estimate of drug-likeness (QED) is 0.102. The Morgan fingerprint density at radius 3 is 1.80 bits per heavy atom. The van der Waals surface area contributed by atoms with Crippen LogP contribution in [0.3, 0.4) is 0 Å². The molecule has 19 heteroatoms. The molecule has 64 heavy (non-hydrogen) atoms. The number of likely N-dealkylation sites (tertiary alicyclic amines) is 2. The second-order valence-electron chi connectivity index (χ2n) is 17.2. The normalized spacial score (nSPS) is 19.3. The van der Waals surface area contributed by atoms with E-state index in [1.807, 2.05) is 58.0 Å². The van der Waals surface area contributed by atoms with Gasteiger partial charge in [0, 0.05) is 35.2 Å². The van der Waals surface area contributed by atoms with E-state index in [1.165, 1.54) is 14.2 Å². The number of nitrogens with zero attached hydrogens (tertiary/aromatic N) is 5. The Labute approximate surface area is 367 Å². The number of alkyl carbamates (subject to hydrolysis) is 2. The molecule has 6 heterocycles. The van der Waals surface area contributed by atoms with Gasteiger partial charge in [0.15, 0.2) is 6.23 Å². The van der Waals surface area contributed by atoms with E-state index in [1.54, 1.807) is 38.9 Å². The highest BCUT2D eigenvalue weighted by atomic mass is 19.4. The molecule has 0 bridgehead atoms. The summed E-state index contributed by atoms with van der Waals surface area (Å²) in [6.07, 6.45) is -2.41. The van der Waals surface area contributed by atoms with Crippen LogP contribution >= 0.6 is 0 Å². The molecule has 1 unspecified atom stereocenters. The Morgan fingerprint density at radius 1 is 0.781 bits per heavy atom. The number of hydrogen-bond acceptors (Lipinski definition) is 9. The van der Waals surface area contributed by atoms with Gasteiger partial charge in [-0.25, -0.2) is 19.6 Å². The second kappa shape index (κ2) is 17.6. The molecule has 340 valence electrons. The number of aromatic amines is 2. The third-order valence-corrected chi connectivity index (χ3v) is 12.4. The summed E-state index contributed by atoms with van der Waals surface area (Å²) in [6, 6.07) is 10.4. The Morgan fingerprint density at radius 2 is 1.30 bits per heavy atom. The van der Waals surface area contributed by atoms with Gasteiger partial charge in [0.1, 0.15) is 35.9 Å². The standard InChI is InChI=1S/C45H52F3N9O7/c1-23(2)37(53-43(60)62-5)41(58)55-15-7-9-32(55)39-49-21-29(51-39)25-12-14-31-27(17-25)18-34-28-13-11-26(19-35(28)64-36(57(31)34)20-45(46,47)48)30-22-50-40(52-30)33-10-8-16-56(33)42(59)38(24(3)4)54-44(61)63-6/h11-14,17-19,21-24,32-33,36-38H,7-10,15-16,20H2,1-6H3,(H,49,51)(H,50,52)(H,53,60)(H,54,61)/t32-,33-,36?,37-,38-/m0/s1. The molecule has 2 aromatic carbocycles. The van der Waals surface area contributed by atoms with Crippen LogP contribution in [0.4, 0.5) is 22.8 Å². The largest absolute Gasteiger partial charge is 0.469 e. The van der Waals surface area contributed by atoms with Crippen LogP contribution in [0.5, 0.6) is 5.75 Å². The summed E-state index contributed by atoms with van der Waals surface area (Å²) in [6.45, 7) is 8.37. The van der Waals surface area contributed by atoms with Crippen molar-refractivity contribution < 1.29 is 46.6 Å². The first-order valence-corrected chi connectivity index (χ1v) is 21.5. The molecule has 0 aliphatic carbocycles. The first-order chi connectivity index (χ1) is 30.5. The summed E-state index contributed by atoms with van der Waals surface area (Å²) in [4.78, 5) is 70.9. The molecule has 2 fully saturated rings. The summed E-state index contributed by atoms with van der Waals surface area (Å²) >= 11 is 0. The van der Waals surface area contributed by atoms with Crippen molar-refractivity contribution in [3.63, 3.8) is 0 Å². The molecule has 2 saturated heterocycles. The number of halogens is 3. The number of fused-ring (bicyclic) bond motifs is 5. The zero-order valence-electron chi connectivity index (χ0n) is 36.4. The number of ether oxygens (including phenoxy) is 3. The van der Waals surface area contributed by atoms with E-state index < -0.39 is 43.1 Å². The molecule has 16 nitrogen and oxygen atoms in total. The number of H-pyrrole nitrogens is 2. The van der Waals surface area contributed by atoms with Crippen LogP contribution in [0.15, 0.2) is 54.9 Å². The summed E-state index contributed by atoms with van der Waals surface area (Å²) < 4.78 is 59.9. The van der Waals surface area contributed by atoms with Crippen LogP contribution in [0.1, 0.15) is 89.8 Å². The average Bonchev–Trinajstić information content (AvgIpc) is 4.12. The van der Waals surface area contributed by atoms with E-state index in [2.05, 4.69) is 30.6 Å². The number of methoxy groups -OCH3 is 2. The molecule has 4 amide bonds. The highest BCUT2D eigenvalue weighted by Gasteiger charge is 2.41. The summed E-state index contributed by atoms with van der Waals surface area (Å²) in [5.41, 5.74) is 4.38. The highest BCUT2D eigenvalue weighted by Crippen LogP contribution is 2.47. The number of alkyl halides is 3. The molecule has 0 spiro atoms. The van der Waals surface area contributed by atoms with Gasteiger partial charge in [-0.05, 0) is 67.9 Å². The monoisotopic (exact) mass is 887 g/mol. The van der Waals surface area contributed by atoms with E-state index in [0.29, 0.717) is 76.7 Å². The SMILES string of the molecule is COC(=O)N[C@H](C(=O)N1CCC[C@H]1c1ncc(-c2ccc3c(c2)OC(CC(F)(F)F)n2c-3cc3cc(-c4cnc([C@@H]5CCCN5C(=O)[C@@H](NC(=O)OC)C(C)C)[nH]4)ccc32)[nH]1)C(C)C. The Bertz CT molecular complexity index is 2560. The molecule has 0 radical (unpaired) electrons. The lowest BCUT2D eigenvalue weighted by Crippen LogP contribution is -2.51. The van der Waals surface area contributed by atoms with Gasteiger partial charge in [-0.15, -0.1) is 0 Å². The molecule has 8 rings (SSSR count). The molecule has 5 aromatic rings. The third-order valence-electron chi connectivity index (χ3n) is 12.4. The first-order valence-electron chi connectivity index (χ1n) is 21.5. The Kier molecular flexibility index (Phi) is 12.1. The number of imidazole rings is 2. The number of carbonyl (C=O) groups excluding carboxylic acids is 4. The zero-order valence-corrected chi connectivity index (χ0v) is 36.4. The van der Waals surface area contributed by atoms with Crippen molar-refractivity contribution in [2.45, 2.75) is 96.4 Å². The van der Waals surface area contributed by atoms with E-state index >= 15 is 0 Å². The fraction of sp³-hybridized carbons (Fsp3) is 0.467. The van der Waals surface area contributed by atoms with Crippen molar-refractivity contribution in [2.75, 3.05) is 27.3 Å². The number of aromatic nitrogens is 5. The maximum Gasteiger partial charge on any atom is 0.407 e. The zero-order chi connectivity index (χ0) is 45.6. The van der Waals surface area contributed by atoms with Gasteiger partial charge in [-0.3, -0.25) is 9.59 Å². The van der Waals surface area contributed by atoms with Crippen LogP contribution in [0.2, 0.25) is 0 Å². The summed E-state index contributed by atoms with van der Waals surface area (Å²) in [5, 5.41) is 6.00. The van der Waals surface area contributed by atoms with Gasteiger partial charge in [-0.1, -0.05) is 39.8 Å². The average molecular weight is 888 g/mol. The van der Waals surface area contributed by atoms with E-state index in [0.717, 1.165) is 18.4 Å². The predicted molar refractivity (Wildman–Crippen MR) is 229 cm³/mol. The first kappa shape index (κ1) is 44.1. The maximum atomic E-state index is 14.2. The Hall–Kier alpha value is -6.53. The molecule has 4 N–H and O–H groups in total. The summed E-state index contributed by atoms with van der Waals surface area (Å²) in [5.74, 6) is 0.571. The van der Waals surface area contributed by atoms with Crippen molar-refractivity contribution in [3.05, 3.63) is 66.5 Å². The fourth-order valence-corrected chi connectivity index (χ4v) is 9.14. The minimum absolute atomic E-state index is 0.184. The number of benzene rings is 2. The predicted octanol–water partition coefficient (Wildman–Crippen LogP) is 8.02. The van der Waals surface area contributed by atoms with Crippen molar-refractivity contribution in [2.24, 2.45) is 11.8 Å². The second-order valence-corrected chi connectivity index (χ2v) is 17.2. The minimum atomic E-state index is -4.54. The number of rotatable bonds is 11. The van der Waals surface area contributed by atoms with Crippen molar-refractivity contribution >= 4 is 34.9 Å². The van der Waals surface area contributed by atoms with Gasteiger partial charge in [0.05, 0.1) is 61.3 Å². The molecule has 3 aliphatic heterocycles. The number of amides is 4. The van der Waals surface area contributed by atoms with E-state index in [4.69, 9.17) is 14.2 Å².